The molecule has 88 valence electrons. The summed E-state index contributed by atoms with van der Waals surface area (Å²) in [6.45, 7) is 3.70. The van der Waals surface area contributed by atoms with Crippen molar-refractivity contribution < 1.29 is 14.7 Å². The Morgan fingerprint density at radius 1 is 1.31 bits per heavy atom. The smallest absolute Gasteiger partial charge is 0.129 e. The predicted octanol–water partition coefficient (Wildman–Crippen LogP) is 2.40. The average Bonchev–Trinajstić information content (AvgIpc) is 2.29. The molecule has 0 saturated carbocycles. The van der Waals surface area contributed by atoms with E-state index in [9.17, 15) is 0 Å². The highest BCUT2D eigenvalue weighted by Gasteiger charge is 2.11. The molecule has 4 nitrogen and oxygen atoms in total. The summed E-state index contributed by atoms with van der Waals surface area (Å²) in [5.41, 5.74) is 2.58. The lowest BCUT2D eigenvalue weighted by atomic mass is 10.0. The van der Waals surface area contributed by atoms with Gasteiger partial charge in [0.25, 0.3) is 0 Å². The van der Waals surface area contributed by atoms with Crippen LogP contribution in [0.2, 0.25) is 0 Å². The fourth-order valence-electron chi connectivity index (χ4n) is 1.69. The summed E-state index contributed by atoms with van der Waals surface area (Å²) >= 11 is 0. The molecule has 0 atom stereocenters. The van der Waals surface area contributed by atoms with Crippen molar-refractivity contribution in [3.8, 4) is 11.5 Å². The van der Waals surface area contributed by atoms with Gasteiger partial charge in [-0.05, 0) is 19.9 Å². The molecule has 1 rings (SSSR count). The van der Waals surface area contributed by atoms with E-state index in [-0.39, 0.29) is 0 Å². The number of oxime groups is 1. The Hall–Kier alpha value is -1.71. The topological polar surface area (TPSA) is 51.0 Å². The number of ether oxygens (including phenoxy) is 2. The molecule has 0 aromatic heterocycles. The largest absolute Gasteiger partial charge is 0.496 e. The van der Waals surface area contributed by atoms with Crippen molar-refractivity contribution in [2.24, 2.45) is 5.16 Å². The maximum Gasteiger partial charge on any atom is 0.129 e. The van der Waals surface area contributed by atoms with Crippen LogP contribution in [0.5, 0.6) is 11.5 Å². The molecule has 0 saturated heterocycles. The molecule has 1 N–H and O–H groups in total. The molecule has 0 bridgehead atoms. The van der Waals surface area contributed by atoms with Gasteiger partial charge in [-0.1, -0.05) is 11.2 Å². The van der Waals surface area contributed by atoms with Crippen LogP contribution in [0.4, 0.5) is 0 Å². The fourth-order valence-corrected chi connectivity index (χ4v) is 1.69. The van der Waals surface area contributed by atoms with Gasteiger partial charge in [-0.2, -0.15) is 0 Å². The first-order chi connectivity index (χ1) is 7.63. The summed E-state index contributed by atoms with van der Waals surface area (Å²) in [4.78, 5) is 0. The van der Waals surface area contributed by atoms with Gasteiger partial charge in [0, 0.05) is 17.5 Å². The zero-order valence-corrected chi connectivity index (χ0v) is 10.1. The van der Waals surface area contributed by atoms with Crippen molar-refractivity contribution in [2.45, 2.75) is 20.3 Å². The maximum absolute atomic E-state index is 8.65. The monoisotopic (exact) mass is 223 g/mol. The molecular formula is C12H17NO3. The van der Waals surface area contributed by atoms with E-state index >= 15 is 0 Å². The quantitative estimate of drug-likeness (QED) is 0.484. The highest BCUT2D eigenvalue weighted by molar-refractivity contribution is 5.84. The molecule has 0 aliphatic heterocycles. The van der Waals surface area contributed by atoms with Gasteiger partial charge in [0.15, 0.2) is 0 Å². The third kappa shape index (κ3) is 2.45. The third-order valence-electron chi connectivity index (χ3n) is 2.48. The molecule has 0 heterocycles. The van der Waals surface area contributed by atoms with E-state index in [0.29, 0.717) is 12.1 Å². The Morgan fingerprint density at radius 2 is 2.00 bits per heavy atom. The Bertz CT molecular complexity index is 399. The Morgan fingerprint density at radius 3 is 2.50 bits per heavy atom. The second kappa shape index (κ2) is 5.39. The zero-order valence-electron chi connectivity index (χ0n) is 10.1. The van der Waals surface area contributed by atoms with Crippen molar-refractivity contribution >= 4 is 5.71 Å². The minimum atomic E-state index is 0.560. The number of rotatable bonds is 4. The van der Waals surface area contributed by atoms with Gasteiger partial charge in [0.1, 0.15) is 11.5 Å². The summed E-state index contributed by atoms with van der Waals surface area (Å²) in [6.07, 6.45) is 0.560. The van der Waals surface area contributed by atoms with E-state index in [0.717, 1.165) is 22.6 Å². The summed E-state index contributed by atoms with van der Waals surface area (Å²) in [5, 5.41) is 11.8. The van der Waals surface area contributed by atoms with Gasteiger partial charge >= 0.3 is 0 Å². The van der Waals surface area contributed by atoms with E-state index in [2.05, 4.69) is 5.16 Å². The van der Waals surface area contributed by atoms with Crippen LogP contribution in [0.15, 0.2) is 17.3 Å². The van der Waals surface area contributed by atoms with Crippen LogP contribution in [0, 0.1) is 6.92 Å². The van der Waals surface area contributed by atoms with Crippen LogP contribution in [-0.4, -0.2) is 25.1 Å². The minimum absolute atomic E-state index is 0.560. The third-order valence-corrected chi connectivity index (χ3v) is 2.48. The lowest BCUT2D eigenvalue weighted by Crippen LogP contribution is -2.02. The molecule has 0 aliphatic carbocycles. The standard InChI is InChI=1S/C12H17NO3/c1-8(13-14)7-10-5-6-11(15-3)9(2)12(10)16-4/h5-6,14H,7H2,1-4H3/b13-8+. The summed E-state index contributed by atoms with van der Waals surface area (Å²) < 4.78 is 10.6. The Labute approximate surface area is 95.5 Å². The molecule has 4 heteroatoms. The van der Waals surface area contributed by atoms with Crippen LogP contribution >= 0.6 is 0 Å². The lowest BCUT2D eigenvalue weighted by Gasteiger charge is -2.14. The van der Waals surface area contributed by atoms with E-state index in [4.69, 9.17) is 14.7 Å². The maximum atomic E-state index is 8.65. The molecule has 16 heavy (non-hydrogen) atoms. The van der Waals surface area contributed by atoms with Crippen LogP contribution in [0.1, 0.15) is 18.1 Å². The number of hydrogen-bond acceptors (Lipinski definition) is 4. The van der Waals surface area contributed by atoms with Gasteiger partial charge < -0.3 is 14.7 Å². The van der Waals surface area contributed by atoms with Crippen LogP contribution < -0.4 is 9.47 Å². The zero-order chi connectivity index (χ0) is 12.1. The van der Waals surface area contributed by atoms with Gasteiger partial charge in [-0.15, -0.1) is 0 Å². The molecule has 0 radical (unpaired) electrons. The molecule has 0 unspecified atom stereocenters. The Balaban J connectivity index is 3.15. The van der Waals surface area contributed by atoms with Crippen molar-refractivity contribution in [2.75, 3.05) is 14.2 Å². The van der Waals surface area contributed by atoms with Crippen molar-refractivity contribution in [3.63, 3.8) is 0 Å². The first kappa shape index (κ1) is 12.4. The van der Waals surface area contributed by atoms with Crippen LogP contribution in [0.3, 0.4) is 0 Å². The lowest BCUT2D eigenvalue weighted by molar-refractivity contribution is 0.317. The second-order valence-electron chi connectivity index (χ2n) is 3.60. The van der Waals surface area contributed by atoms with Gasteiger partial charge in [0.05, 0.1) is 19.9 Å². The normalized spacial score (nSPS) is 11.4. The molecule has 0 fully saturated rings. The molecule has 0 spiro atoms. The summed E-state index contributed by atoms with van der Waals surface area (Å²) in [6, 6.07) is 3.80. The van der Waals surface area contributed by atoms with Gasteiger partial charge in [-0.3, -0.25) is 0 Å². The Kier molecular flexibility index (Phi) is 4.17. The number of methoxy groups -OCH3 is 2. The number of hydrogen-bond donors (Lipinski definition) is 1. The fraction of sp³-hybridized carbons (Fsp3) is 0.417. The average molecular weight is 223 g/mol. The molecule has 0 aliphatic rings. The van der Waals surface area contributed by atoms with Crippen LogP contribution in [-0.2, 0) is 6.42 Å². The van der Waals surface area contributed by atoms with Crippen molar-refractivity contribution in [1.82, 2.24) is 0 Å². The van der Waals surface area contributed by atoms with Crippen molar-refractivity contribution in [1.29, 1.82) is 0 Å². The minimum Gasteiger partial charge on any atom is -0.496 e. The summed E-state index contributed by atoms with van der Waals surface area (Å²) in [7, 11) is 3.25. The van der Waals surface area contributed by atoms with Crippen molar-refractivity contribution in [3.05, 3.63) is 23.3 Å². The van der Waals surface area contributed by atoms with E-state index in [1.54, 1.807) is 21.1 Å². The summed E-state index contributed by atoms with van der Waals surface area (Å²) in [5.74, 6) is 1.57. The van der Waals surface area contributed by atoms with Crippen LogP contribution in [0.25, 0.3) is 0 Å². The van der Waals surface area contributed by atoms with Gasteiger partial charge in [-0.25, -0.2) is 0 Å². The predicted molar refractivity (Wildman–Crippen MR) is 62.9 cm³/mol. The number of nitrogens with zero attached hydrogens (tertiary/aromatic N) is 1. The molecule has 0 amide bonds. The first-order valence-corrected chi connectivity index (χ1v) is 5.02. The number of benzene rings is 1. The molecule has 1 aromatic rings. The van der Waals surface area contributed by atoms with Gasteiger partial charge in [0.2, 0.25) is 0 Å². The van der Waals surface area contributed by atoms with E-state index in [1.165, 1.54) is 0 Å². The SMILES string of the molecule is COc1ccc(C/C(C)=N/O)c(OC)c1C. The van der Waals surface area contributed by atoms with E-state index < -0.39 is 0 Å². The molecule has 1 aromatic carbocycles. The second-order valence-corrected chi connectivity index (χ2v) is 3.60. The highest BCUT2D eigenvalue weighted by Crippen LogP contribution is 2.31. The first-order valence-electron chi connectivity index (χ1n) is 5.02. The van der Waals surface area contributed by atoms with E-state index in [1.807, 2.05) is 19.1 Å². The molecular weight excluding hydrogens is 206 g/mol. The highest BCUT2D eigenvalue weighted by atomic mass is 16.5.